The molecule has 0 bridgehead atoms. The van der Waals surface area contributed by atoms with Gasteiger partial charge in [-0.05, 0) is 44.4 Å². The summed E-state index contributed by atoms with van der Waals surface area (Å²) in [4.78, 5) is 33.0. The molecule has 2 aliphatic rings. The summed E-state index contributed by atoms with van der Waals surface area (Å²) in [5.41, 5.74) is -0.185. The molecule has 0 atom stereocenters. The number of H-pyrrole nitrogens is 1. The maximum atomic E-state index is 14.6. The van der Waals surface area contributed by atoms with Crippen LogP contribution in [0.4, 0.5) is 4.39 Å². The van der Waals surface area contributed by atoms with Crippen molar-refractivity contribution in [2.75, 3.05) is 19.7 Å². The number of rotatable bonds is 6. The first kappa shape index (κ1) is 23.0. The average molecular weight is 464 g/mol. The third kappa shape index (κ3) is 5.61. The number of aliphatic hydroxyl groups excluding tert-OH is 1. The second-order valence-corrected chi connectivity index (χ2v) is 10.1. The number of fused-ring (bicyclic) bond motifs is 1. The van der Waals surface area contributed by atoms with Crippen LogP contribution >= 0.6 is 11.8 Å². The molecular formula is C23H30FN3O4S. The SMILES string of the molecule is CC(=O)N1CCC(COc2cc(F)c3c(=O)[nH]c(CS[C@H]4CC[C@@H](O)CC4)nc3c2)CC1. The molecule has 1 aromatic heterocycles. The predicted molar refractivity (Wildman–Crippen MR) is 122 cm³/mol. The normalized spacial score (nSPS) is 22.3. The highest BCUT2D eigenvalue weighted by atomic mass is 32.2. The highest BCUT2D eigenvalue weighted by Crippen LogP contribution is 2.30. The highest BCUT2D eigenvalue weighted by molar-refractivity contribution is 7.99. The standard InChI is InChI=1S/C23H30FN3O4S/c1-14(28)27-8-6-15(7-9-27)12-31-17-10-19(24)22-20(11-17)25-21(26-23(22)30)13-32-18-4-2-16(29)3-5-18/h10-11,15-16,18,29H,2-9,12-13H2,1H3,(H,25,26,30)/t16-,18+. The number of amides is 1. The molecule has 4 rings (SSSR count). The maximum absolute atomic E-state index is 14.6. The number of hydrogen-bond acceptors (Lipinski definition) is 6. The molecule has 0 unspecified atom stereocenters. The number of likely N-dealkylation sites (tertiary alicyclic amines) is 1. The monoisotopic (exact) mass is 463 g/mol. The van der Waals surface area contributed by atoms with Gasteiger partial charge >= 0.3 is 0 Å². The molecule has 0 radical (unpaired) electrons. The number of hydrogen-bond donors (Lipinski definition) is 2. The van der Waals surface area contributed by atoms with Crippen LogP contribution in [0, 0.1) is 11.7 Å². The number of benzene rings is 1. The van der Waals surface area contributed by atoms with Crippen LogP contribution in [0.5, 0.6) is 5.75 Å². The van der Waals surface area contributed by atoms with Crippen LogP contribution in [0.15, 0.2) is 16.9 Å². The molecule has 1 saturated heterocycles. The third-order valence-corrected chi connectivity index (χ3v) is 7.81. The van der Waals surface area contributed by atoms with Crippen LogP contribution in [0.1, 0.15) is 51.3 Å². The predicted octanol–water partition coefficient (Wildman–Crippen LogP) is 3.24. The maximum Gasteiger partial charge on any atom is 0.261 e. The fourth-order valence-electron chi connectivity index (χ4n) is 4.44. The summed E-state index contributed by atoms with van der Waals surface area (Å²) >= 11 is 1.71. The minimum atomic E-state index is -0.641. The van der Waals surface area contributed by atoms with E-state index in [1.807, 2.05) is 4.90 Å². The van der Waals surface area contributed by atoms with Crippen molar-refractivity contribution in [2.45, 2.75) is 62.6 Å². The van der Waals surface area contributed by atoms with Crippen LogP contribution in [-0.2, 0) is 10.5 Å². The quantitative estimate of drug-likeness (QED) is 0.683. The Hall–Kier alpha value is -2.13. The van der Waals surface area contributed by atoms with Gasteiger partial charge < -0.3 is 19.7 Å². The minimum absolute atomic E-state index is 0.0540. The van der Waals surface area contributed by atoms with Gasteiger partial charge in [-0.3, -0.25) is 9.59 Å². The number of thioether (sulfide) groups is 1. The summed E-state index contributed by atoms with van der Waals surface area (Å²) in [6.45, 7) is 3.45. The van der Waals surface area contributed by atoms with Crippen LogP contribution in [0.3, 0.4) is 0 Å². The largest absolute Gasteiger partial charge is 0.493 e. The van der Waals surface area contributed by atoms with Gasteiger partial charge in [0.15, 0.2) is 0 Å². The Labute approximate surface area is 190 Å². The van der Waals surface area contributed by atoms with Crippen molar-refractivity contribution in [3.05, 3.63) is 34.1 Å². The molecule has 2 heterocycles. The Morgan fingerprint density at radius 3 is 2.66 bits per heavy atom. The number of halogens is 1. The first-order chi connectivity index (χ1) is 15.4. The van der Waals surface area contributed by atoms with E-state index < -0.39 is 11.4 Å². The second-order valence-electron chi connectivity index (χ2n) is 8.81. The number of nitrogens with one attached hydrogen (secondary N) is 1. The van der Waals surface area contributed by atoms with Gasteiger partial charge in [-0.15, -0.1) is 0 Å². The lowest BCUT2D eigenvalue weighted by Crippen LogP contribution is -2.38. The molecule has 1 amide bonds. The molecule has 7 nitrogen and oxygen atoms in total. The number of aromatic amines is 1. The average Bonchev–Trinajstić information content (AvgIpc) is 2.77. The zero-order valence-corrected chi connectivity index (χ0v) is 19.1. The zero-order valence-electron chi connectivity index (χ0n) is 18.3. The number of aromatic nitrogens is 2. The summed E-state index contributed by atoms with van der Waals surface area (Å²) in [5, 5.41) is 10.0. The van der Waals surface area contributed by atoms with Crippen molar-refractivity contribution in [1.82, 2.24) is 14.9 Å². The molecular weight excluding hydrogens is 433 g/mol. The first-order valence-corrected chi connectivity index (χ1v) is 12.3. The van der Waals surface area contributed by atoms with Crippen molar-refractivity contribution in [2.24, 2.45) is 5.92 Å². The lowest BCUT2D eigenvalue weighted by molar-refractivity contribution is -0.130. The Morgan fingerprint density at radius 2 is 1.97 bits per heavy atom. The number of carbonyl (C=O) groups excluding carboxylic acids is 1. The fourth-order valence-corrected chi connectivity index (χ4v) is 5.57. The Balaban J connectivity index is 1.41. The third-order valence-electron chi connectivity index (χ3n) is 6.43. The van der Waals surface area contributed by atoms with E-state index in [-0.39, 0.29) is 17.4 Å². The highest BCUT2D eigenvalue weighted by Gasteiger charge is 2.22. The lowest BCUT2D eigenvalue weighted by atomic mass is 9.97. The van der Waals surface area contributed by atoms with Gasteiger partial charge in [0, 0.05) is 37.4 Å². The molecule has 1 aliphatic heterocycles. The van der Waals surface area contributed by atoms with E-state index in [2.05, 4.69) is 9.97 Å². The smallest absolute Gasteiger partial charge is 0.261 e. The molecule has 0 spiro atoms. The lowest BCUT2D eigenvalue weighted by Gasteiger charge is -2.31. The zero-order chi connectivity index (χ0) is 22.7. The van der Waals surface area contributed by atoms with Crippen LogP contribution in [-0.4, -0.2) is 56.9 Å². The number of nitrogens with zero attached hydrogens (tertiary/aromatic N) is 2. The summed E-state index contributed by atoms with van der Waals surface area (Å²) in [6, 6.07) is 2.87. The molecule has 32 heavy (non-hydrogen) atoms. The van der Waals surface area contributed by atoms with Crippen LogP contribution < -0.4 is 10.3 Å². The van der Waals surface area contributed by atoms with E-state index in [0.717, 1.165) is 38.5 Å². The van der Waals surface area contributed by atoms with Crippen molar-refractivity contribution < 1.29 is 19.0 Å². The summed E-state index contributed by atoms with van der Waals surface area (Å²) in [7, 11) is 0. The fraction of sp³-hybridized carbons (Fsp3) is 0.609. The topological polar surface area (TPSA) is 95.5 Å². The molecule has 2 N–H and O–H groups in total. The van der Waals surface area contributed by atoms with Gasteiger partial charge in [0.1, 0.15) is 22.8 Å². The Bertz CT molecular complexity index is 1010. The van der Waals surface area contributed by atoms with Gasteiger partial charge in [-0.1, -0.05) is 0 Å². The number of ether oxygens (including phenoxy) is 1. The summed E-state index contributed by atoms with van der Waals surface area (Å²) in [5.74, 6) is 1.17. The number of carbonyl (C=O) groups is 1. The van der Waals surface area contributed by atoms with Crippen molar-refractivity contribution >= 4 is 28.6 Å². The molecule has 9 heteroatoms. The van der Waals surface area contributed by atoms with Crippen molar-refractivity contribution in [3.8, 4) is 5.75 Å². The van der Waals surface area contributed by atoms with Crippen molar-refractivity contribution in [3.63, 3.8) is 0 Å². The molecule has 1 saturated carbocycles. The minimum Gasteiger partial charge on any atom is -0.493 e. The van der Waals surface area contributed by atoms with E-state index in [9.17, 15) is 19.1 Å². The van der Waals surface area contributed by atoms with Gasteiger partial charge in [-0.25, -0.2) is 9.37 Å². The Kier molecular flexibility index (Phi) is 7.35. The second kappa shape index (κ2) is 10.2. The van der Waals surface area contributed by atoms with Crippen LogP contribution in [0.25, 0.3) is 10.9 Å². The number of aliphatic hydroxyl groups is 1. The van der Waals surface area contributed by atoms with E-state index in [0.29, 0.717) is 53.7 Å². The first-order valence-electron chi connectivity index (χ1n) is 11.3. The van der Waals surface area contributed by atoms with E-state index in [1.165, 1.54) is 6.07 Å². The molecule has 1 aromatic carbocycles. The van der Waals surface area contributed by atoms with Gasteiger partial charge in [-0.2, -0.15) is 11.8 Å². The summed E-state index contributed by atoms with van der Waals surface area (Å²) < 4.78 is 20.5. The number of piperidine rings is 1. The van der Waals surface area contributed by atoms with E-state index in [4.69, 9.17) is 4.74 Å². The Morgan fingerprint density at radius 1 is 1.25 bits per heavy atom. The molecule has 2 aromatic rings. The van der Waals surface area contributed by atoms with Gasteiger partial charge in [0.25, 0.3) is 5.56 Å². The van der Waals surface area contributed by atoms with Gasteiger partial charge in [0.05, 0.1) is 24.0 Å². The van der Waals surface area contributed by atoms with Gasteiger partial charge in [0.2, 0.25) is 5.91 Å². The molecule has 1 aliphatic carbocycles. The molecule has 174 valence electrons. The van der Waals surface area contributed by atoms with Crippen LogP contribution in [0.2, 0.25) is 0 Å². The van der Waals surface area contributed by atoms with E-state index in [1.54, 1.807) is 24.8 Å². The van der Waals surface area contributed by atoms with Crippen molar-refractivity contribution in [1.29, 1.82) is 0 Å². The molecule has 2 fully saturated rings. The van der Waals surface area contributed by atoms with E-state index >= 15 is 0 Å². The summed E-state index contributed by atoms with van der Waals surface area (Å²) in [6.07, 6.45) is 5.01.